The Hall–Kier alpha value is -2.58. The van der Waals surface area contributed by atoms with Crippen LogP contribution in [0.25, 0.3) is 0 Å². The van der Waals surface area contributed by atoms with E-state index in [2.05, 4.69) is 121 Å². The standard InChI is InChI=1S/C28H28Ge/c1-5-13-25(14-6-1)21-29(22-26-15-7-2-8-16-26,23-27-17-9-3-10-18-27)24-28-19-11-4-12-20-28/h1-20H,21-24H2. The summed E-state index contributed by atoms with van der Waals surface area (Å²) >= 11 is -2.42. The molecule has 0 aliphatic heterocycles. The van der Waals surface area contributed by atoms with Crippen LogP contribution in [-0.2, 0) is 21.0 Å². The summed E-state index contributed by atoms with van der Waals surface area (Å²) in [5, 5.41) is 5.00. The first-order chi connectivity index (χ1) is 14.3. The van der Waals surface area contributed by atoms with Gasteiger partial charge in [-0.15, -0.1) is 0 Å². The third kappa shape index (κ3) is 5.71. The number of hydrogen-bond acceptors (Lipinski definition) is 0. The van der Waals surface area contributed by atoms with Gasteiger partial charge in [-0.2, -0.15) is 0 Å². The molecule has 0 aliphatic carbocycles. The van der Waals surface area contributed by atoms with Crippen LogP contribution in [0.1, 0.15) is 22.3 Å². The van der Waals surface area contributed by atoms with Gasteiger partial charge < -0.3 is 0 Å². The number of benzene rings is 4. The third-order valence-electron chi connectivity index (χ3n) is 5.69. The van der Waals surface area contributed by atoms with Gasteiger partial charge in [0.25, 0.3) is 0 Å². The molecular weight excluding hydrogens is 409 g/mol. The van der Waals surface area contributed by atoms with Gasteiger partial charge in [-0.25, -0.2) is 0 Å². The topological polar surface area (TPSA) is 0 Å². The van der Waals surface area contributed by atoms with E-state index in [1.54, 1.807) is 0 Å². The summed E-state index contributed by atoms with van der Waals surface area (Å²) in [5.41, 5.74) is 5.98. The summed E-state index contributed by atoms with van der Waals surface area (Å²) in [6.45, 7) is 0. The molecule has 0 radical (unpaired) electrons. The quantitative estimate of drug-likeness (QED) is 0.274. The molecule has 144 valence electrons. The summed E-state index contributed by atoms with van der Waals surface area (Å²) in [7, 11) is 0. The summed E-state index contributed by atoms with van der Waals surface area (Å²) in [5.74, 6) is 0. The molecule has 0 atom stereocenters. The Morgan fingerprint density at radius 3 is 0.724 bits per heavy atom. The van der Waals surface area contributed by atoms with Gasteiger partial charge >= 0.3 is 178 Å². The zero-order valence-corrected chi connectivity index (χ0v) is 19.0. The van der Waals surface area contributed by atoms with Crippen LogP contribution in [0.15, 0.2) is 121 Å². The molecule has 0 nitrogen and oxygen atoms in total. The van der Waals surface area contributed by atoms with Crippen LogP contribution in [0.4, 0.5) is 0 Å². The first-order valence-corrected chi connectivity index (χ1v) is 16.4. The monoisotopic (exact) mass is 438 g/mol. The molecule has 0 saturated heterocycles. The van der Waals surface area contributed by atoms with Crippen molar-refractivity contribution in [1.82, 2.24) is 0 Å². The van der Waals surface area contributed by atoms with Crippen LogP contribution in [0.3, 0.4) is 0 Å². The molecule has 0 amide bonds. The Balaban J connectivity index is 1.75. The minimum atomic E-state index is -2.42. The number of rotatable bonds is 8. The van der Waals surface area contributed by atoms with Gasteiger partial charge in [0.1, 0.15) is 0 Å². The first-order valence-electron chi connectivity index (χ1n) is 10.5. The Labute approximate surface area is 177 Å². The summed E-state index contributed by atoms with van der Waals surface area (Å²) in [4.78, 5) is 0. The second-order valence-electron chi connectivity index (χ2n) is 8.15. The predicted molar refractivity (Wildman–Crippen MR) is 126 cm³/mol. The van der Waals surface area contributed by atoms with Gasteiger partial charge in [-0.1, -0.05) is 0 Å². The molecule has 0 fully saturated rings. The molecule has 4 aromatic carbocycles. The van der Waals surface area contributed by atoms with Crippen molar-refractivity contribution in [3.8, 4) is 0 Å². The van der Waals surface area contributed by atoms with Crippen molar-refractivity contribution in [2.24, 2.45) is 0 Å². The van der Waals surface area contributed by atoms with E-state index in [1.807, 2.05) is 0 Å². The fraction of sp³-hybridized carbons (Fsp3) is 0.143. The fourth-order valence-electron chi connectivity index (χ4n) is 4.49. The summed E-state index contributed by atoms with van der Waals surface area (Å²) in [6, 6.07) is 44.6. The molecule has 29 heavy (non-hydrogen) atoms. The van der Waals surface area contributed by atoms with Crippen molar-refractivity contribution in [3.63, 3.8) is 0 Å². The molecule has 0 unspecified atom stereocenters. The van der Waals surface area contributed by atoms with Crippen molar-refractivity contribution >= 4 is 13.3 Å². The van der Waals surface area contributed by atoms with Crippen molar-refractivity contribution in [1.29, 1.82) is 0 Å². The van der Waals surface area contributed by atoms with Gasteiger partial charge in [0.15, 0.2) is 0 Å². The Morgan fingerprint density at radius 1 is 0.310 bits per heavy atom. The van der Waals surface area contributed by atoms with Crippen LogP contribution in [0, 0.1) is 0 Å². The molecule has 4 aromatic rings. The van der Waals surface area contributed by atoms with Gasteiger partial charge in [-0.05, 0) is 0 Å². The molecule has 1 heteroatoms. The van der Waals surface area contributed by atoms with Crippen LogP contribution >= 0.6 is 0 Å². The average Bonchev–Trinajstić information content (AvgIpc) is 2.76. The molecule has 0 spiro atoms. The van der Waals surface area contributed by atoms with Gasteiger partial charge in [-0.3, -0.25) is 0 Å². The average molecular weight is 437 g/mol. The molecule has 4 rings (SSSR count). The third-order valence-corrected chi connectivity index (χ3v) is 15.4. The molecule has 0 aromatic heterocycles. The zero-order valence-electron chi connectivity index (χ0n) is 16.9. The zero-order chi connectivity index (χ0) is 19.8. The summed E-state index contributed by atoms with van der Waals surface area (Å²) in [6.07, 6.45) is 0. The summed E-state index contributed by atoms with van der Waals surface area (Å²) < 4.78 is 0. The van der Waals surface area contributed by atoms with Gasteiger partial charge in [0, 0.05) is 0 Å². The molecule has 0 saturated carbocycles. The number of hydrogen-bond donors (Lipinski definition) is 0. The predicted octanol–water partition coefficient (Wildman–Crippen LogP) is 6.56. The van der Waals surface area contributed by atoms with Crippen LogP contribution < -0.4 is 0 Å². The molecule has 0 bridgehead atoms. The van der Waals surface area contributed by atoms with Gasteiger partial charge in [0.05, 0.1) is 0 Å². The van der Waals surface area contributed by atoms with Crippen LogP contribution in [0.2, 0.25) is 0 Å². The van der Waals surface area contributed by atoms with E-state index < -0.39 is 13.3 Å². The van der Waals surface area contributed by atoms with E-state index in [1.165, 1.54) is 43.3 Å². The van der Waals surface area contributed by atoms with E-state index >= 15 is 0 Å². The van der Waals surface area contributed by atoms with E-state index in [0.717, 1.165) is 0 Å². The van der Waals surface area contributed by atoms with Crippen LogP contribution in [-0.4, -0.2) is 13.3 Å². The maximum atomic E-state index is 2.32. The SMILES string of the molecule is c1ccc([CH2][Ge]([CH2]c2ccccc2)([CH2]c2ccccc2)[CH2]c2ccccc2)cc1. The normalized spacial score (nSPS) is 11.3. The van der Waals surface area contributed by atoms with Crippen molar-refractivity contribution in [2.75, 3.05) is 0 Å². The second-order valence-corrected chi connectivity index (χ2v) is 17.4. The van der Waals surface area contributed by atoms with Crippen molar-refractivity contribution in [2.45, 2.75) is 21.0 Å². The molecule has 0 heterocycles. The van der Waals surface area contributed by atoms with Gasteiger partial charge in [0.2, 0.25) is 0 Å². The van der Waals surface area contributed by atoms with Crippen molar-refractivity contribution < 1.29 is 0 Å². The van der Waals surface area contributed by atoms with Crippen LogP contribution in [0.5, 0.6) is 0 Å². The minimum absolute atomic E-state index is 1.25. The van der Waals surface area contributed by atoms with E-state index in [4.69, 9.17) is 0 Å². The second kappa shape index (κ2) is 9.76. The Morgan fingerprint density at radius 2 is 0.517 bits per heavy atom. The molecular formula is C28H28Ge. The van der Waals surface area contributed by atoms with Crippen molar-refractivity contribution in [3.05, 3.63) is 144 Å². The maximum absolute atomic E-state index is 2.42. The fourth-order valence-corrected chi connectivity index (χ4v) is 15.3. The van der Waals surface area contributed by atoms with E-state index in [0.29, 0.717) is 0 Å². The van der Waals surface area contributed by atoms with E-state index in [9.17, 15) is 0 Å². The van der Waals surface area contributed by atoms with E-state index in [-0.39, 0.29) is 0 Å². The Kier molecular flexibility index (Phi) is 6.64. The molecule has 0 aliphatic rings. The molecule has 0 N–H and O–H groups in total. The Bertz CT molecular complexity index is 808. The first kappa shape index (κ1) is 19.7.